The number of carbonyl (C=O) groups excluding carboxylic acids is 1. The van der Waals surface area contributed by atoms with Gasteiger partial charge in [0.2, 0.25) is 0 Å². The number of hydrogen-bond acceptors (Lipinski definition) is 3. The number of amides is 1. The maximum Gasteiger partial charge on any atom is 0.278 e. The second-order valence-electron chi connectivity index (χ2n) is 5.74. The van der Waals surface area contributed by atoms with Crippen LogP contribution in [-0.4, -0.2) is 20.9 Å². The van der Waals surface area contributed by atoms with Crippen LogP contribution in [0, 0.1) is 13.8 Å². The van der Waals surface area contributed by atoms with Crippen molar-refractivity contribution in [2.75, 3.05) is 5.32 Å². The Hall–Kier alpha value is -2.95. The van der Waals surface area contributed by atoms with Gasteiger partial charge in [-0.15, -0.1) is 5.10 Å². The van der Waals surface area contributed by atoms with E-state index in [9.17, 15) is 4.79 Å². The molecule has 0 saturated carbocycles. The first-order chi connectivity index (χ1) is 11.6. The molecule has 1 amide bonds. The van der Waals surface area contributed by atoms with Gasteiger partial charge < -0.3 is 5.32 Å². The van der Waals surface area contributed by atoms with Gasteiger partial charge in [-0.05, 0) is 44.0 Å². The maximum absolute atomic E-state index is 12.6. The van der Waals surface area contributed by atoms with E-state index in [1.54, 1.807) is 4.68 Å². The van der Waals surface area contributed by atoms with E-state index in [0.29, 0.717) is 11.4 Å². The molecule has 0 atom stereocenters. The number of nitrogens with zero attached hydrogens (tertiary/aromatic N) is 3. The molecule has 3 aromatic rings. The molecule has 3 rings (SSSR count). The summed E-state index contributed by atoms with van der Waals surface area (Å²) in [4.78, 5) is 12.6. The van der Waals surface area contributed by atoms with Crippen LogP contribution in [0.2, 0.25) is 0 Å². The highest BCUT2D eigenvalue weighted by Crippen LogP contribution is 2.18. The molecule has 0 bridgehead atoms. The van der Waals surface area contributed by atoms with Crippen molar-refractivity contribution >= 4 is 11.6 Å². The second kappa shape index (κ2) is 6.66. The van der Waals surface area contributed by atoms with E-state index in [-0.39, 0.29) is 5.91 Å². The number of nitrogens with one attached hydrogen (secondary N) is 1. The molecule has 0 unspecified atom stereocenters. The average molecular weight is 320 g/mol. The third kappa shape index (κ3) is 3.06. The van der Waals surface area contributed by atoms with Gasteiger partial charge in [0.15, 0.2) is 5.69 Å². The zero-order valence-corrected chi connectivity index (χ0v) is 14.1. The third-order valence-electron chi connectivity index (χ3n) is 4.03. The van der Waals surface area contributed by atoms with Crippen LogP contribution >= 0.6 is 0 Å². The Labute approximate surface area is 141 Å². The fourth-order valence-corrected chi connectivity index (χ4v) is 2.60. The first-order valence-electron chi connectivity index (χ1n) is 7.98. The Morgan fingerprint density at radius 2 is 1.79 bits per heavy atom. The van der Waals surface area contributed by atoms with E-state index in [0.717, 1.165) is 23.4 Å². The SMILES string of the molecule is CCc1ccccc1NC(=O)c1nnn(-c2ccc(C)cc2)c1C. The predicted octanol–water partition coefficient (Wildman–Crippen LogP) is 3.70. The summed E-state index contributed by atoms with van der Waals surface area (Å²) < 4.78 is 1.68. The first-order valence-corrected chi connectivity index (χ1v) is 7.98. The smallest absolute Gasteiger partial charge is 0.278 e. The van der Waals surface area contributed by atoms with E-state index < -0.39 is 0 Å². The molecule has 0 spiro atoms. The number of para-hydroxylation sites is 1. The molecule has 2 aromatic carbocycles. The average Bonchev–Trinajstić information content (AvgIpc) is 2.98. The highest BCUT2D eigenvalue weighted by atomic mass is 16.2. The summed E-state index contributed by atoms with van der Waals surface area (Å²) in [6.07, 6.45) is 0.853. The number of benzene rings is 2. The van der Waals surface area contributed by atoms with Crippen LogP contribution in [0.3, 0.4) is 0 Å². The summed E-state index contributed by atoms with van der Waals surface area (Å²) in [7, 11) is 0. The number of anilines is 1. The molecule has 0 aliphatic heterocycles. The molecule has 122 valence electrons. The quantitative estimate of drug-likeness (QED) is 0.797. The first kappa shape index (κ1) is 15.9. The van der Waals surface area contributed by atoms with Crippen LogP contribution in [0.4, 0.5) is 5.69 Å². The van der Waals surface area contributed by atoms with Crippen LogP contribution in [0.25, 0.3) is 5.69 Å². The monoisotopic (exact) mass is 320 g/mol. The number of rotatable bonds is 4. The summed E-state index contributed by atoms with van der Waals surface area (Å²) in [6, 6.07) is 15.7. The van der Waals surface area contributed by atoms with Crippen molar-refractivity contribution in [3.63, 3.8) is 0 Å². The number of aryl methyl sites for hydroxylation is 2. The molecular formula is C19H20N4O. The van der Waals surface area contributed by atoms with Gasteiger partial charge in [0.05, 0.1) is 11.4 Å². The van der Waals surface area contributed by atoms with Crippen LogP contribution in [-0.2, 0) is 6.42 Å². The van der Waals surface area contributed by atoms with Crippen LogP contribution in [0.5, 0.6) is 0 Å². The fourth-order valence-electron chi connectivity index (χ4n) is 2.60. The van der Waals surface area contributed by atoms with Crippen LogP contribution in [0.1, 0.15) is 34.2 Å². The molecule has 0 saturated heterocycles. The molecule has 0 aliphatic rings. The third-order valence-corrected chi connectivity index (χ3v) is 4.03. The molecule has 0 radical (unpaired) electrons. The van der Waals surface area contributed by atoms with E-state index in [4.69, 9.17) is 0 Å². The molecule has 0 aliphatic carbocycles. The number of hydrogen-bond donors (Lipinski definition) is 1. The number of aromatic nitrogens is 3. The van der Waals surface area contributed by atoms with Crippen molar-refractivity contribution in [2.24, 2.45) is 0 Å². The van der Waals surface area contributed by atoms with Gasteiger partial charge in [0, 0.05) is 5.69 Å². The lowest BCUT2D eigenvalue weighted by atomic mass is 10.1. The van der Waals surface area contributed by atoms with E-state index in [1.165, 1.54) is 5.56 Å². The van der Waals surface area contributed by atoms with Crippen molar-refractivity contribution < 1.29 is 4.79 Å². The molecule has 5 nitrogen and oxygen atoms in total. The molecule has 24 heavy (non-hydrogen) atoms. The number of carbonyl (C=O) groups is 1. The summed E-state index contributed by atoms with van der Waals surface area (Å²) in [5.74, 6) is -0.244. The van der Waals surface area contributed by atoms with Crippen molar-refractivity contribution in [3.8, 4) is 5.69 Å². The minimum absolute atomic E-state index is 0.244. The van der Waals surface area contributed by atoms with E-state index >= 15 is 0 Å². The van der Waals surface area contributed by atoms with Gasteiger partial charge in [-0.1, -0.05) is 48.0 Å². The van der Waals surface area contributed by atoms with Gasteiger partial charge in [0.25, 0.3) is 5.91 Å². The van der Waals surface area contributed by atoms with Gasteiger partial charge in [-0.3, -0.25) is 4.79 Å². The molecule has 1 heterocycles. The predicted molar refractivity (Wildman–Crippen MR) is 94.6 cm³/mol. The highest BCUT2D eigenvalue weighted by Gasteiger charge is 2.18. The van der Waals surface area contributed by atoms with Gasteiger partial charge in [0.1, 0.15) is 0 Å². The topological polar surface area (TPSA) is 59.8 Å². The minimum atomic E-state index is -0.244. The zero-order valence-electron chi connectivity index (χ0n) is 14.1. The zero-order chi connectivity index (χ0) is 17.1. The lowest BCUT2D eigenvalue weighted by Gasteiger charge is -2.09. The summed E-state index contributed by atoms with van der Waals surface area (Å²) >= 11 is 0. The second-order valence-corrected chi connectivity index (χ2v) is 5.74. The van der Waals surface area contributed by atoms with Crippen LogP contribution < -0.4 is 5.32 Å². The van der Waals surface area contributed by atoms with E-state index in [2.05, 4.69) is 22.6 Å². The van der Waals surface area contributed by atoms with Gasteiger partial charge >= 0.3 is 0 Å². The van der Waals surface area contributed by atoms with Crippen molar-refractivity contribution in [1.29, 1.82) is 0 Å². The Balaban J connectivity index is 1.87. The van der Waals surface area contributed by atoms with Gasteiger partial charge in [-0.25, -0.2) is 4.68 Å². The normalized spacial score (nSPS) is 10.6. The van der Waals surface area contributed by atoms with E-state index in [1.807, 2.05) is 62.4 Å². The van der Waals surface area contributed by atoms with Crippen LogP contribution in [0.15, 0.2) is 48.5 Å². The molecular weight excluding hydrogens is 300 g/mol. The fraction of sp³-hybridized carbons (Fsp3) is 0.211. The van der Waals surface area contributed by atoms with Gasteiger partial charge in [-0.2, -0.15) is 0 Å². The Kier molecular flexibility index (Phi) is 4.42. The Morgan fingerprint density at radius 1 is 1.08 bits per heavy atom. The highest BCUT2D eigenvalue weighted by molar-refractivity contribution is 6.04. The summed E-state index contributed by atoms with van der Waals surface area (Å²) in [5, 5.41) is 11.1. The van der Waals surface area contributed by atoms with Crippen molar-refractivity contribution in [3.05, 3.63) is 71.0 Å². The van der Waals surface area contributed by atoms with Crippen molar-refractivity contribution in [2.45, 2.75) is 27.2 Å². The lowest BCUT2D eigenvalue weighted by Crippen LogP contribution is -2.15. The molecule has 1 aromatic heterocycles. The minimum Gasteiger partial charge on any atom is -0.320 e. The Bertz CT molecular complexity index is 865. The Morgan fingerprint density at radius 3 is 2.50 bits per heavy atom. The standard InChI is InChI=1S/C19H20N4O/c1-4-15-7-5-6-8-17(15)20-19(24)18-14(3)23(22-21-18)16-11-9-13(2)10-12-16/h5-12H,4H2,1-3H3,(H,20,24). The molecule has 0 fully saturated rings. The molecule has 1 N–H and O–H groups in total. The largest absolute Gasteiger partial charge is 0.320 e. The summed E-state index contributed by atoms with van der Waals surface area (Å²) in [6.45, 7) is 5.94. The molecule has 5 heteroatoms. The lowest BCUT2D eigenvalue weighted by molar-refractivity contribution is 0.102. The van der Waals surface area contributed by atoms with Crippen molar-refractivity contribution in [1.82, 2.24) is 15.0 Å². The summed E-state index contributed by atoms with van der Waals surface area (Å²) in [5.41, 5.74) is 5.01. The maximum atomic E-state index is 12.6.